The number of aryl methyl sites for hydroxylation is 1. The van der Waals surface area contributed by atoms with Gasteiger partial charge in [0.25, 0.3) is 0 Å². The lowest BCUT2D eigenvalue weighted by molar-refractivity contribution is -0.199. The Kier molecular flexibility index (Phi) is 21.8. The number of unbranched alkanes of at least 4 members (excludes halogenated alkanes) is 3. The third-order valence-corrected chi connectivity index (χ3v) is 16.0. The van der Waals surface area contributed by atoms with Gasteiger partial charge in [-0.15, -0.1) is 0 Å². The van der Waals surface area contributed by atoms with Crippen LogP contribution in [-0.2, 0) is 44.5 Å². The molecule has 3 amide bonds. The standard InChI is InChI=1S/C56H84BN5O9/c1-7-8-14-38-19-21-39(22-20-38)40-23-25-41(26-24-40)47(64)18-13-16-44(63)33-42(15-9-11-29-58)54(69)62-46(27-28-52(60)67)48(65)31-36(2)53(68)61-45(17-10-12-30-59)49(66)32-37(3)57-70-51-35-43-34-50(55(43,4)5)56(51,6)71-57/h19-26,36-37,42-43,45-46,50-51H,7-18,27-35,58-59H2,1-6H3,(H2,60,67)(H,61,68)(H,62,69)/t36-,37-,42-,43+,45+,46+,50+,51?,56+/m1/s1. The second kappa shape index (κ2) is 26.9. The van der Waals surface area contributed by atoms with Gasteiger partial charge in [-0.2, -0.15) is 0 Å². The van der Waals surface area contributed by atoms with Crippen LogP contribution in [0.15, 0.2) is 48.5 Å². The van der Waals surface area contributed by atoms with E-state index < -0.39 is 60.1 Å². The third kappa shape index (κ3) is 15.7. The van der Waals surface area contributed by atoms with Crippen LogP contribution in [-0.4, -0.2) is 84.9 Å². The normalized spacial score (nSPS) is 22.0. The molecule has 4 fully saturated rings. The van der Waals surface area contributed by atoms with E-state index in [-0.39, 0.29) is 79.6 Å². The number of ketones is 4. The highest BCUT2D eigenvalue weighted by atomic mass is 16.7. The zero-order valence-electron chi connectivity index (χ0n) is 43.6. The maximum Gasteiger partial charge on any atom is 0.461 e. The number of hydrogen-bond acceptors (Lipinski definition) is 11. The maximum atomic E-state index is 13.9. The number of rotatable bonds is 33. The summed E-state index contributed by atoms with van der Waals surface area (Å²) in [6.07, 6.45) is 8.63. The molecule has 3 aliphatic carbocycles. The fraction of sp³-hybridized carbons (Fsp3) is 0.661. The van der Waals surface area contributed by atoms with Gasteiger partial charge in [-0.05, 0) is 130 Å². The molecule has 0 spiro atoms. The molecule has 2 aromatic carbocycles. The fourth-order valence-electron chi connectivity index (χ4n) is 11.2. The van der Waals surface area contributed by atoms with Crippen LogP contribution in [0.1, 0.15) is 173 Å². The van der Waals surface area contributed by atoms with E-state index >= 15 is 0 Å². The van der Waals surface area contributed by atoms with Crippen molar-refractivity contribution in [2.75, 3.05) is 13.1 Å². The predicted octanol–water partition coefficient (Wildman–Crippen LogP) is 7.79. The van der Waals surface area contributed by atoms with Gasteiger partial charge in [-0.3, -0.25) is 33.6 Å². The maximum absolute atomic E-state index is 13.9. The third-order valence-electron chi connectivity index (χ3n) is 16.0. The van der Waals surface area contributed by atoms with Gasteiger partial charge < -0.3 is 37.1 Å². The zero-order chi connectivity index (χ0) is 51.9. The average molecular weight is 982 g/mol. The van der Waals surface area contributed by atoms with Crippen molar-refractivity contribution in [2.45, 2.75) is 193 Å². The molecule has 4 aliphatic rings. The highest BCUT2D eigenvalue weighted by molar-refractivity contribution is 6.47. The van der Waals surface area contributed by atoms with E-state index in [1.807, 2.05) is 31.2 Å². The summed E-state index contributed by atoms with van der Waals surface area (Å²) in [5.41, 5.74) is 20.8. The minimum absolute atomic E-state index is 0.0188. The first-order chi connectivity index (χ1) is 33.8. The van der Waals surface area contributed by atoms with Crippen molar-refractivity contribution in [3.63, 3.8) is 0 Å². The van der Waals surface area contributed by atoms with Crippen LogP contribution in [0, 0.1) is 29.1 Å². The van der Waals surface area contributed by atoms with Crippen molar-refractivity contribution in [1.82, 2.24) is 10.6 Å². The van der Waals surface area contributed by atoms with E-state index in [1.165, 1.54) is 5.56 Å². The van der Waals surface area contributed by atoms with E-state index in [9.17, 15) is 33.6 Å². The Morgan fingerprint density at radius 3 is 1.93 bits per heavy atom. The Labute approximate surface area is 423 Å². The Balaban J connectivity index is 1.14. The molecule has 0 aromatic heterocycles. The molecular weight excluding hydrogens is 897 g/mol. The number of nitrogens with one attached hydrogen (secondary N) is 2. The molecule has 0 radical (unpaired) electrons. The van der Waals surface area contributed by atoms with Crippen LogP contribution in [0.3, 0.4) is 0 Å². The lowest BCUT2D eigenvalue weighted by Gasteiger charge is -2.64. The van der Waals surface area contributed by atoms with Gasteiger partial charge >= 0.3 is 7.12 Å². The molecule has 1 unspecified atom stereocenters. The molecule has 390 valence electrons. The predicted molar refractivity (Wildman–Crippen MR) is 278 cm³/mol. The molecule has 1 heterocycles. The van der Waals surface area contributed by atoms with Crippen molar-refractivity contribution in [3.05, 3.63) is 59.7 Å². The minimum Gasteiger partial charge on any atom is -0.405 e. The molecular formula is C56H84BN5O9. The minimum atomic E-state index is -1.15. The largest absolute Gasteiger partial charge is 0.461 e. The molecule has 14 nitrogen and oxygen atoms in total. The smallest absolute Gasteiger partial charge is 0.405 e. The van der Waals surface area contributed by atoms with E-state index in [2.05, 4.69) is 62.6 Å². The van der Waals surface area contributed by atoms with Crippen LogP contribution in [0.5, 0.6) is 0 Å². The lowest BCUT2D eigenvalue weighted by Crippen LogP contribution is -2.65. The lowest BCUT2D eigenvalue weighted by atomic mass is 9.43. The SMILES string of the molecule is CCCCc1ccc(-c2ccc(C(=O)CCCC(=O)C[C@@H](CCCCN)C(=O)N[C@@H](CCC(N)=O)C(=O)C[C@@H](C)C(=O)N[C@@H](CCCCN)C(=O)C[C@@H](C)B3OC4C[C@@H]5C[C@@H](C5(C)C)[C@]4(C)O3)cc2)cc1. The number of amides is 3. The van der Waals surface area contributed by atoms with Crippen LogP contribution >= 0.6 is 0 Å². The summed E-state index contributed by atoms with van der Waals surface area (Å²) in [6, 6.07) is 14.0. The van der Waals surface area contributed by atoms with Gasteiger partial charge in [-0.25, -0.2) is 0 Å². The van der Waals surface area contributed by atoms with E-state index in [1.54, 1.807) is 6.92 Å². The zero-order valence-corrected chi connectivity index (χ0v) is 43.6. The van der Waals surface area contributed by atoms with Crippen molar-refractivity contribution in [2.24, 2.45) is 46.3 Å². The van der Waals surface area contributed by atoms with Crippen molar-refractivity contribution in [1.29, 1.82) is 0 Å². The molecule has 15 heteroatoms. The van der Waals surface area contributed by atoms with Crippen LogP contribution < -0.4 is 27.8 Å². The molecule has 1 aliphatic heterocycles. The molecule has 71 heavy (non-hydrogen) atoms. The summed E-state index contributed by atoms with van der Waals surface area (Å²) in [7, 11) is -0.540. The second-order valence-electron chi connectivity index (χ2n) is 21.8. The van der Waals surface area contributed by atoms with E-state index in [0.717, 1.165) is 43.2 Å². The quantitative estimate of drug-likeness (QED) is 0.0263. The molecule has 6 rings (SSSR count). The molecule has 3 saturated carbocycles. The molecule has 9 atom stereocenters. The summed E-state index contributed by atoms with van der Waals surface area (Å²) >= 11 is 0. The molecule has 1 saturated heterocycles. The highest BCUT2D eigenvalue weighted by Crippen LogP contribution is 2.66. The Bertz CT molecular complexity index is 2130. The number of Topliss-reactive ketones (excluding diaryl/α,β-unsaturated/α-hetero) is 4. The molecule has 2 bridgehead atoms. The number of benzene rings is 2. The fourth-order valence-corrected chi connectivity index (χ4v) is 11.2. The van der Waals surface area contributed by atoms with Gasteiger partial charge in [-0.1, -0.05) is 96.0 Å². The van der Waals surface area contributed by atoms with Crippen LogP contribution in [0.25, 0.3) is 11.1 Å². The number of carbonyl (C=O) groups is 7. The summed E-state index contributed by atoms with van der Waals surface area (Å²) in [5.74, 6) is -3.52. The highest BCUT2D eigenvalue weighted by Gasteiger charge is 2.68. The first-order valence-electron chi connectivity index (χ1n) is 26.7. The monoisotopic (exact) mass is 982 g/mol. The van der Waals surface area contributed by atoms with E-state index in [4.69, 9.17) is 26.5 Å². The van der Waals surface area contributed by atoms with Crippen molar-refractivity contribution in [3.8, 4) is 11.1 Å². The molecule has 8 N–H and O–H groups in total. The van der Waals surface area contributed by atoms with Crippen LogP contribution in [0.4, 0.5) is 0 Å². The van der Waals surface area contributed by atoms with Crippen molar-refractivity contribution >= 4 is 48.0 Å². The number of hydrogen-bond donors (Lipinski definition) is 5. The first-order valence-corrected chi connectivity index (χ1v) is 26.7. The summed E-state index contributed by atoms with van der Waals surface area (Å²) in [6.45, 7) is 13.3. The summed E-state index contributed by atoms with van der Waals surface area (Å²) in [4.78, 5) is 93.9. The Morgan fingerprint density at radius 2 is 1.31 bits per heavy atom. The van der Waals surface area contributed by atoms with E-state index in [0.29, 0.717) is 75.4 Å². The second-order valence-corrected chi connectivity index (χ2v) is 21.8. The first kappa shape index (κ1) is 57.3. The van der Waals surface area contributed by atoms with Crippen LogP contribution in [0.2, 0.25) is 5.82 Å². The van der Waals surface area contributed by atoms with Gasteiger partial charge in [0.15, 0.2) is 17.3 Å². The van der Waals surface area contributed by atoms with Crippen molar-refractivity contribution < 1.29 is 42.9 Å². The number of carbonyl (C=O) groups excluding carboxylic acids is 7. The summed E-state index contributed by atoms with van der Waals surface area (Å²) < 4.78 is 13.1. The Morgan fingerprint density at radius 1 is 0.704 bits per heavy atom. The van der Waals surface area contributed by atoms with Gasteiger partial charge in [0, 0.05) is 55.9 Å². The van der Waals surface area contributed by atoms with Gasteiger partial charge in [0.1, 0.15) is 5.78 Å². The number of primary amides is 1. The Hall–Kier alpha value is -4.57. The molecule has 2 aromatic rings. The number of nitrogens with two attached hydrogens (primary N) is 3. The van der Waals surface area contributed by atoms with Gasteiger partial charge in [0.05, 0.1) is 23.8 Å². The summed E-state index contributed by atoms with van der Waals surface area (Å²) in [5, 5.41) is 5.70. The topological polar surface area (TPSA) is 240 Å². The average Bonchev–Trinajstić information content (AvgIpc) is 3.71. The van der Waals surface area contributed by atoms with Gasteiger partial charge in [0.2, 0.25) is 17.7 Å².